The van der Waals surface area contributed by atoms with Gasteiger partial charge in [0.15, 0.2) is 5.96 Å². The van der Waals surface area contributed by atoms with Crippen molar-refractivity contribution in [1.82, 2.24) is 4.98 Å². The van der Waals surface area contributed by atoms with E-state index in [9.17, 15) is 0 Å². The second-order valence-electron chi connectivity index (χ2n) is 9.05. The van der Waals surface area contributed by atoms with E-state index in [2.05, 4.69) is 89.1 Å². The van der Waals surface area contributed by atoms with E-state index in [1.165, 1.54) is 25.9 Å². The van der Waals surface area contributed by atoms with Crippen LogP contribution in [-0.4, -0.2) is 23.7 Å². The zero-order valence-electron chi connectivity index (χ0n) is 20.4. The number of benzene rings is 1. The summed E-state index contributed by atoms with van der Waals surface area (Å²) >= 11 is 3.55. The molecule has 0 radical (unpaired) electrons. The number of nitrogens with one attached hydrogen (secondary N) is 1. The van der Waals surface area contributed by atoms with E-state index in [-0.39, 0.29) is 5.41 Å². The zero-order chi connectivity index (χ0) is 23.1. The summed E-state index contributed by atoms with van der Waals surface area (Å²) in [4.78, 5) is 8.58. The number of thiazole rings is 1. The van der Waals surface area contributed by atoms with Crippen molar-refractivity contribution < 1.29 is 0 Å². The third-order valence-corrected chi connectivity index (χ3v) is 6.97. The fourth-order valence-corrected chi connectivity index (χ4v) is 4.37. The van der Waals surface area contributed by atoms with Gasteiger partial charge in [0, 0.05) is 17.6 Å². The van der Waals surface area contributed by atoms with Crippen molar-refractivity contribution in [1.29, 1.82) is 0 Å². The van der Waals surface area contributed by atoms with Gasteiger partial charge in [0.1, 0.15) is 0 Å². The van der Waals surface area contributed by atoms with E-state index in [0.29, 0.717) is 24.3 Å². The fourth-order valence-electron chi connectivity index (χ4n) is 2.94. The van der Waals surface area contributed by atoms with Gasteiger partial charge in [-0.3, -0.25) is 4.99 Å². The minimum absolute atomic E-state index is 0.207. The molecule has 0 aliphatic rings. The molecule has 0 saturated carbocycles. The van der Waals surface area contributed by atoms with E-state index in [4.69, 9.17) is 5.73 Å². The molecule has 30 heavy (non-hydrogen) atoms. The minimum atomic E-state index is 0.207. The van der Waals surface area contributed by atoms with Gasteiger partial charge in [0.25, 0.3) is 0 Å². The Morgan fingerprint density at radius 1 is 1.17 bits per heavy atom. The molecule has 0 amide bonds. The maximum atomic E-state index is 5.93. The molecule has 1 heterocycles. The van der Waals surface area contributed by atoms with Gasteiger partial charge >= 0.3 is 0 Å². The monoisotopic (exact) mass is 448 g/mol. The van der Waals surface area contributed by atoms with Crippen molar-refractivity contribution in [3.8, 4) is 0 Å². The number of nitrogens with zero attached hydrogens (tertiary/aromatic N) is 2. The van der Waals surface area contributed by atoms with Crippen LogP contribution in [0.2, 0.25) is 0 Å². The predicted octanol–water partition coefficient (Wildman–Crippen LogP) is 7.15. The summed E-state index contributed by atoms with van der Waals surface area (Å²) in [6.45, 7) is 20.2. The SMILES string of the molecule is CCN=C(N)Nc1c(C(C)C)cc(C)cc1C(C)C.CSc1cnc(C(C)(C)C)s1. The third-order valence-electron chi connectivity index (χ3n) is 4.50. The lowest BCUT2D eigenvalue weighted by Crippen LogP contribution is -2.24. The quantitative estimate of drug-likeness (QED) is 0.289. The number of hydrogen-bond acceptors (Lipinski definition) is 4. The summed E-state index contributed by atoms with van der Waals surface area (Å²) in [7, 11) is 0. The molecule has 2 aromatic rings. The van der Waals surface area contributed by atoms with Gasteiger partial charge < -0.3 is 11.1 Å². The van der Waals surface area contributed by atoms with Gasteiger partial charge in [-0.15, -0.1) is 23.1 Å². The topological polar surface area (TPSA) is 63.3 Å². The first-order chi connectivity index (χ1) is 13.9. The van der Waals surface area contributed by atoms with Gasteiger partial charge in [-0.1, -0.05) is 66.2 Å². The highest BCUT2D eigenvalue weighted by atomic mass is 32.2. The van der Waals surface area contributed by atoms with Crippen LogP contribution in [0.3, 0.4) is 0 Å². The molecule has 0 bridgehead atoms. The number of anilines is 1. The maximum Gasteiger partial charge on any atom is 0.193 e. The van der Waals surface area contributed by atoms with Crippen LogP contribution in [0.15, 0.2) is 27.5 Å². The number of hydrogen-bond donors (Lipinski definition) is 2. The van der Waals surface area contributed by atoms with Crippen molar-refractivity contribution in [2.24, 2.45) is 10.7 Å². The molecule has 0 aliphatic heterocycles. The lowest BCUT2D eigenvalue weighted by molar-refractivity contribution is 0.585. The molecule has 1 aromatic carbocycles. The van der Waals surface area contributed by atoms with Crippen molar-refractivity contribution in [3.05, 3.63) is 40.0 Å². The normalized spacial score (nSPS) is 12.2. The van der Waals surface area contributed by atoms with E-state index in [1.807, 2.05) is 13.1 Å². The number of aliphatic imine (C=N–C) groups is 1. The van der Waals surface area contributed by atoms with Crippen LogP contribution in [0.5, 0.6) is 0 Å². The Hall–Kier alpha value is -1.53. The molecule has 6 heteroatoms. The molecule has 1 aromatic heterocycles. The van der Waals surface area contributed by atoms with Crippen LogP contribution < -0.4 is 11.1 Å². The van der Waals surface area contributed by atoms with E-state index in [1.54, 1.807) is 23.1 Å². The first-order valence-electron chi connectivity index (χ1n) is 10.6. The van der Waals surface area contributed by atoms with Crippen LogP contribution in [0.4, 0.5) is 5.69 Å². The van der Waals surface area contributed by atoms with Crippen LogP contribution in [-0.2, 0) is 5.41 Å². The number of rotatable bonds is 5. The van der Waals surface area contributed by atoms with E-state index < -0.39 is 0 Å². The molecular weight excluding hydrogens is 408 g/mol. The first kappa shape index (κ1) is 26.5. The molecule has 0 fully saturated rings. The average Bonchev–Trinajstić information content (AvgIpc) is 3.13. The first-order valence-corrected chi connectivity index (χ1v) is 12.7. The molecule has 0 unspecified atom stereocenters. The summed E-state index contributed by atoms with van der Waals surface area (Å²) in [6.07, 6.45) is 4.04. The van der Waals surface area contributed by atoms with Gasteiger partial charge in [-0.25, -0.2) is 4.98 Å². The van der Waals surface area contributed by atoms with Crippen molar-refractivity contribution in [2.45, 2.75) is 83.8 Å². The second-order valence-corrected chi connectivity index (χ2v) is 11.2. The average molecular weight is 449 g/mol. The lowest BCUT2D eigenvalue weighted by Gasteiger charge is -2.21. The zero-order valence-corrected chi connectivity index (χ0v) is 22.0. The summed E-state index contributed by atoms with van der Waals surface area (Å²) < 4.78 is 1.30. The molecule has 3 N–H and O–H groups in total. The number of guanidine groups is 1. The summed E-state index contributed by atoms with van der Waals surface area (Å²) in [5.41, 5.74) is 11.2. The molecular formula is C24H40N4S2. The standard InChI is InChI=1S/C16H27N3.C8H13NS2/c1-7-18-16(17)19-15-13(10(2)3)8-12(6)9-14(15)11(4)5;1-8(2,3)7-9-5-6(10-4)11-7/h8-11H,7H2,1-6H3,(H3,17,18,19);5H,1-4H3. The Balaban J connectivity index is 0.000000346. The minimum Gasteiger partial charge on any atom is -0.370 e. The fraction of sp³-hybridized carbons (Fsp3) is 0.583. The Labute approximate surface area is 192 Å². The van der Waals surface area contributed by atoms with E-state index >= 15 is 0 Å². The van der Waals surface area contributed by atoms with Gasteiger partial charge in [-0.2, -0.15) is 0 Å². The van der Waals surface area contributed by atoms with Crippen LogP contribution in [0, 0.1) is 6.92 Å². The van der Waals surface area contributed by atoms with E-state index in [0.717, 1.165) is 5.69 Å². The molecule has 0 spiro atoms. The highest BCUT2D eigenvalue weighted by Crippen LogP contribution is 2.34. The summed E-state index contributed by atoms with van der Waals surface area (Å²) in [6, 6.07) is 4.47. The van der Waals surface area contributed by atoms with Crippen LogP contribution >= 0.6 is 23.1 Å². The highest BCUT2D eigenvalue weighted by Gasteiger charge is 2.17. The van der Waals surface area contributed by atoms with Crippen LogP contribution in [0.1, 0.15) is 88.9 Å². The molecule has 168 valence electrons. The Kier molecular flexibility index (Phi) is 10.4. The van der Waals surface area contributed by atoms with Crippen molar-refractivity contribution in [3.63, 3.8) is 0 Å². The Morgan fingerprint density at radius 3 is 2.03 bits per heavy atom. The Bertz CT molecular complexity index is 801. The number of aromatic nitrogens is 1. The van der Waals surface area contributed by atoms with Gasteiger partial charge in [-0.05, 0) is 43.1 Å². The maximum absolute atomic E-state index is 5.93. The van der Waals surface area contributed by atoms with Crippen molar-refractivity contribution in [2.75, 3.05) is 18.1 Å². The van der Waals surface area contributed by atoms with Crippen molar-refractivity contribution >= 4 is 34.7 Å². The largest absolute Gasteiger partial charge is 0.370 e. The lowest BCUT2D eigenvalue weighted by atomic mass is 9.90. The predicted molar refractivity (Wildman–Crippen MR) is 138 cm³/mol. The molecule has 0 saturated heterocycles. The summed E-state index contributed by atoms with van der Waals surface area (Å²) in [5, 5.41) is 4.52. The summed E-state index contributed by atoms with van der Waals surface area (Å²) in [5.74, 6) is 1.40. The smallest absolute Gasteiger partial charge is 0.193 e. The Morgan fingerprint density at radius 2 is 1.70 bits per heavy atom. The molecule has 0 aliphatic carbocycles. The van der Waals surface area contributed by atoms with Crippen LogP contribution in [0.25, 0.3) is 0 Å². The third kappa shape index (κ3) is 7.95. The highest BCUT2D eigenvalue weighted by molar-refractivity contribution is 8.00. The van der Waals surface area contributed by atoms with Gasteiger partial charge in [0.2, 0.25) is 0 Å². The molecule has 0 atom stereocenters. The number of nitrogens with two attached hydrogens (primary N) is 1. The number of thioether (sulfide) groups is 1. The molecule has 2 rings (SSSR count). The molecule has 4 nitrogen and oxygen atoms in total. The van der Waals surface area contributed by atoms with Gasteiger partial charge in [0.05, 0.1) is 15.4 Å². The number of aryl methyl sites for hydroxylation is 1. The second kappa shape index (κ2) is 11.8.